The van der Waals surface area contributed by atoms with Crippen molar-refractivity contribution in [3.05, 3.63) is 43.0 Å². The molecule has 1 atom stereocenters. The highest BCUT2D eigenvalue weighted by atomic mass is 32.2. The van der Waals surface area contributed by atoms with E-state index in [4.69, 9.17) is 0 Å². The smallest absolute Gasteiger partial charge is 0.243 e. The van der Waals surface area contributed by atoms with E-state index in [0.717, 1.165) is 10.1 Å². The molecule has 1 saturated heterocycles. The molecule has 3 rings (SSSR count). The molecule has 0 bridgehead atoms. The molecule has 144 valence electrons. The van der Waals surface area contributed by atoms with E-state index >= 15 is 0 Å². The van der Waals surface area contributed by atoms with Crippen LogP contribution in [0.3, 0.4) is 0 Å². The highest BCUT2D eigenvalue weighted by Gasteiger charge is 2.33. The van der Waals surface area contributed by atoms with Crippen LogP contribution in [0.2, 0.25) is 0 Å². The van der Waals surface area contributed by atoms with Gasteiger partial charge < -0.3 is 5.32 Å². The Labute approximate surface area is 166 Å². The SMILES string of the molecule is C=CCSc1nnc(NC(=O)[C@@H]2CCCN(S(=O)(=O)c3ccccc3)C2)s1. The summed E-state index contributed by atoms with van der Waals surface area (Å²) in [6.45, 7) is 4.24. The first-order valence-corrected chi connectivity index (χ1v) is 11.7. The second kappa shape index (κ2) is 8.96. The van der Waals surface area contributed by atoms with E-state index in [1.54, 1.807) is 36.4 Å². The largest absolute Gasteiger partial charge is 0.300 e. The Balaban J connectivity index is 1.64. The van der Waals surface area contributed by atoms with Gasteiger partial charge in [-0.15, -0.1) is 16.8 Å². The zero-order valence-electron chi connectivity index (χ0n) is 14.6. The Morgan fingerprint density at radius 3 is 2.89 bits per heavy atom. The van der Waals surface area contributed by atoms with Gasteiger partial charge in [0.2, 0.25) is 21.1 Å². The topological polar surface area (TPSA) is 92.3 Å². The maximum Gasteiger partial charge on any atom is 0.243 e. The number of sulfonamides is 1. The van der Waals surface area contributed by atoms with Crippen molar-refractivity contribution < 1.29 is 13.2 Å². The van der Waals surface area contributed by atoms with Crippen molar-refractivity contribution in [1.29, 1.82) is 0 Å². The summed E-state index contributed by atoms with van der Waals surface area (Å²) in [6.07, 6.45) is 3.05. The van der Waals surface area contributed by atoms with Gasteiger partial charge in [0.1, 0.15) is 0 Å². The van der Waals surface area contributed by atoms with Gasteiger partial charge in [0.25, 0.3) is 0 Å². The number of carbonyl (C=O) groups excluding carboxylic acids is 1. The number of nitrogens with zero attached hydrogens (tertiary/aromatic N) is 3. The number of amides is 1. The summed E-state index contributed by atoms with van der Waals surface area (Å²) < 4.78 is 27.7. The number of hydrogen-bond acceptors (Lipinski definition) is 7. The highest BCUT2D eigenvalue weighted by molar-refractivity contribution is 8.01. The molecule has 2 aromatic rings. The lowest BCUT2D eigenvalue weighted by atomic mass is 9.99. The van der Waals surface area contributed by atoms with Crippen molar-refractivity contribution in [2.75, 3.05) is 24.2 Å². The summed E-state index contributed by atoms with van der Waals surface area (Å²) in [6, 6.07) is 8.30. The minimum absolute atomic E-state index is 0.167. The number of piperidine rings is 1. The number of carbonyl (C=O) groups is 1. The minimum atomic E-state index is -3.59. The third-order valence-corrected chi connectivity index (χ3v) is 7.94. The van der Waals surface area contributed by atoms with Gasteiger partial charge in [0.15, 0.2) is 4.34 Å². The van der Waals surface area contributed by atoms with Crippen LogP contribution in [0, 0.1) is 5.92 Å². The zero-order valence-corrected chi connectivity index (χ0v) is 17.0. The lowest BCUT2D eigenvalue weighted by Gasteiger charge is -2.31. The Bertz CT molecular complexity index is 899. The molecule has 1 N–H and O–H groups in total. The van der Waals surface area contributed by atoms with E-state index in [0.29, 0.717) is 24.5 Å². The number of hydrogen-bond donors (Lipinski definition) is 1. The lowest BCUT2D eigenvalue weighted by Crippen LogP contribution is -2.43. The normalized spacial score (nSPS) is 18.1. The van der Waals surface area contributed by atoms with Crippen LogP contribution in [0.1, 0.15) is 12.8 Å². The summed E-state index contributed by atoms with van der Waals surface area (Å²) in [5.74, 6) is 0.0853. The molecule has 10 heteroatoms. The maximum absolute atomic E-state index is 12.8. The van der Waals surface area contributed by atoms with Crippen molar-refractivity contribution in [2.24, 2.45) is 5.92 Å². The molecule has 1 aromatic carbocycles. The lowest BCUT2D eigenvalue weighted by molar-refractivity contribution is -0.120. The average Bonchev–Trinajstić information content (AvgIpc) is 3.14. The summed E-state index contributed by atoms with van der Waals surface area (Å²) in [5, 5.41) is 11.2. The third-order valence-electron chi connectivity index (χ3n) is 4.10. The van der Waals surface area contributed by atoms with Crippen molar-refractivity contribution in [2.45, 2.75) is 22.1 Å². The van der Waals surface area contributed by atoms with Crippen LogP contribution < -0.4 is 5.32 Å². The predicted molar refractivity (Wildman–Crippen MR) is 107 cm³/mol. The van der Waals surface area contributed by atoms with Gasteiger partial charge in [-0.3, -0.25) is 4.79 Å². The minimum Gasteiger partial charge on any atom is -0.300 e. The van der Waals surface area contributed by atoms with E-state index in [9.17, 15) is 13.2 Å². The molecule has 0 radical (unpaired) electrons. The van der Waals surface area contributed by atoms with Crippen molar-refractivity contribution >= 4 is 44.2 Å². The number of anilines is 1. The van der Waals surface area contributed by atoms with Crippen LogP contribution in [0.4, 0.5) is 5.13 Å². The van der Waals surface area contributed by atoms with Gasteiger partial charge in [-0.25, -0.2) is 8.42 Å². The van der Waals surface area contributed by atoms with E-state index < -0.39 is 15.9 Å². The quantitative estimate of drug-likeness (QED) is 0.417. The molecule has 1 fully saturated rings. The summed E-state index contributed by atoms with van der Waals surface area (Å²) in [5.41, 5.74) is 0. The van der Waals surface area contributed by atoms with Crippen LogP contribution in [0.5, 0.6) is 0 Å². The van der Waals surface area contributed by atoms with E-state index in [1.807, 2.05) is 0 Å². The second-order valence-corrected chi connectivity index (χ2v) is 10.2. The molecule has 1 aliphatic rings. The molecule has 27 heavy (non-hydrogen) atoms. The number of aromatic nitrogens is 2. The van der Waals surface area contributed by atoms with Crippen LogP contribution >= 0.6 is 23.1 Å². The maximum atomic E-state index is 12.8. The van der Waals surface area contributed by atoms with E-state index in [2.05, 4.69) is 22.1 Å². The van der Waals surface area contributed by atoms with Crippen LogP contribution in [0.25, 0.3) is 0 Å². The molecule has 7 nitrogen and oxygen atoms in total. The third kappa shape index (κ3) is 4.95. The molecule has 1 amide bonds. The fourth-order valence-corrected chi connectivity index (χ4v) is 5.83. The average molecular weight is 425 g/mol. The Kier molecular flexibility index (Phi) is 6.64. The van der Waals surface area contributed by atoms with Gasteiger partial charge in [-0.2, -0.15) is 4.31 Å². The standard InChI is InChI=1S/C17H20N4O3S3/c1-2-11-25-17-20-19-16(26-17)18-15(22)13-7-6-10-21(12-13)27(23,24)14-8-4-3-5-9-14/h2-5,8-9,13H,1,6-7,10-12H2,(H,18,19,22)/t13-/m1/s1. The zero-order chi connectivity index (χ0) is 19.3. The molecule has 0 saturated carbocycles. The first-order valence-electron chi connectivity index (χ1n) is 8.44. The van der Waals surface area contributed by atoms with Gasteiger partial charge in [-0.05, 0) is 25.0 Å². The van der Waals surface area contributed by atoms with Gasteiger partial charge in [-0.1, -0.05) is 47.4 Å². The number of thioether (sulfide) groups is 1. The summed E-state index contributed by atoms with van der Waals surface area (Å²) >= 11 is 2.79. The first-order chi connectivity index (χ1) is 13.0. The molecule has 0 unspecified atom stereocenters. The number of rotatable bonds is 7. The van der Waals surface area contributed by atoms with Crippen LogP contribution in [0.15, 0.2) is 52.2 Å². The van der Waals surface area contributed by atoms with Gasteiger partial charge in [0, 0.05) is 18.8 Å². The van der Waals surface area contributed by atoms with Crippen LogP contribution in [-0.4, -0.2) is 47.7 Å². The summed E-state index contributed by atoms with van der Waals surface area (Å²) in [7, 11) is -3.59. The van der Waals surface area contributed by atoms with E-state index in [1.165, 1.54) is 27.4 Å². The van der Waals surface area contributed by atoms with Crippen molar-refractivity contribution in [1.82, 2.24) is 14.5 Å². The van der Waals surface area contributed by atoms with Gasteiger partial charge >= 0.3 is 0 Å². The molecular formula is C17H20N4O3S3. The van der Waals surface area contributed by atoms with Crippen molar-refractivity contribution in [3.8, 4) is 0 Å². The fourth-order valence-electron chi connectivity index (χ4n) is 2.77. The van der Waals surface area contributed by atoms with Crippen LogP contribution in [-0.2, 0) is 14.8 Å². The molecule has 1 aromatic heterocycles. The Morgan fingerprint density at radius 2 is 2.15 bits per heavy atom. The summed E-state index contributed by atoms with van der Waals surface area (Å²) in [4.78, 5) is 12.8. The fraction of sp³-hybridized carbons (Fsp3) is 0.353. The highest BCUT2D eigenvalue weighted by Crippen LogP contribution is 2.28. The number of nitrogens with one attached hydrogen (secondary N) is 1. The van der Waals surface area contributed by atoms with E-state index in [-0.39, 0.29) is 17.3 Å². The molecule has 0 aliphatic carbocycles. The Morgan fingerprint density at radius 1 is 1.37 bits per heavy atom. The van der Waals surface area contributed by atoms with Gasteiger partial charge in [0.05, 0.1) is 10.8 Å². The molecular weight excluding hydrogens is 404 g/mol. The second-order valence-electron chi connectivity index (χ2n) is 5.98. The monoisotopic (exact) mass is 424 g/mol. The Hall–Kier alpha value is -1.75. The first kappa shape index (κ1) is 20.0. The number of benzene rings is 1. The molecule has 1 aliphatic heterocycles. The predicted octanol–water partition coefficient (Wildman–Crippen LogP) is 2.86. The molecule has 2 heterocycles. The van der Waals surface area contributed by atoms with Crippen molar-refractivity contribution in [3.63, 3.8) is 0 Å². The molecule has 0 spiro atoms.